The fourth-order valence-corrected chi connectivity index (χ4v) is 2.50. The summed E-state index contributed by atoms with van der Waals surface area (Å²) in [5.41, 5.74) is 4.15. The van der Waals surface area contributed by atoms with Gasteiger partial charge in [-0.25, -0.2) is 9.97 Å². The van der Waals surface area contributed by atoms with E-state index in [0.717, 1.165) is 11.3 Å². The van der Waals surface area contributed by atoms with Crippen molar-refractivity contribution in [3.8, 4) is 0 Å². The van der Waals surface area contributed by atoms with Gasteiger partial charge in [-0.3, -0.25) is 4.79 Å². The van der Waals surface area contributed by atoms with Gasteiger partial charge in [0.15, 0.2) is 0 Å². The minimum absolute atomic E-state index is 0.275. The molecule has 6 heteroatoms. The van der Waals surface area contributed by atoms with Gasteiger partial charge >= 0.3 is 0 Å². The molecule has 126 valence electrons. The summed E-state index contributed by atoms with van der Waals surface area (Å²) in [6.45, 7) is 4.06. The summed E-state index contributed by atoms with van der Waals surface area (Å²) in [4.78, 5) is 20.6. The van der Waals surface area contributed by atoms with Gasteiger partial charge < -0.3 is 10.6 Å². The number of aromatic nitrogens is 2. The maximum Gasteiger partial charge on any atom is 0.274 e. The number of rotatable bonds is 4. The van der Waals surface area contributed by atoms with E-state index in [9.17, 15) is 4.79 Å². The lowest BCUT2D eigenvalue weighted by molar-refractivity contribution is 0.102. The van der Waals surface area contributed by atoms with Crippen LogP contribution >= 0.6 is 11.6 Å². The van der Waals surface area contributed by atoms with Crippen LogP contribution in [0, 0.1) is 13.8 Å². The Morgan fingerprint density at radius 2 is 1.76 bits per heavy atom. The predicted octanol–water partition coefficient (Wildman–Crippen LogP) is 4.74. The fraction of sp³-hybridized carbons (Fsp3) is 0.105. The number of aryl methyl sites for hydroxylation is 2. The lowest BCUT2D eigenvalue weighted by Gasteiger charge is -2.10. The molecule has 5 nitrogen and oxygen atoms in total. The Bertz CT molecular complexity index is 910. The molecule has 0 radical (unpaired) electrons. The summed E-state index contributed by atoms with van der Waals surface area (Å²) in [6, 6.07) is 14.6. The molecule has 2 N–H and O–H groups in total. The van der Waals surface area contributed by atoms with E-state index >= 15 is 0 Å². The largest absolute Gasteiger partial charge is 0.340 e. The molecule has 25 heavy (non-hydrogen) atoms. The number of hydrogen-bond donors (Lipinski definition) is 2. The number of benzene rings is 2. The highest BCUT2D eigenvalue weighted by Gasteiger charge is 2.10. The summed E-state index contributed by atoms with van der Waals surface area (Å²) in [5.74, 6) is 0.247. The second kappa shape index (κ2) is 7.32. The van der Waals surface area contributed by atoms with E-state index in [1.54, 1.807) is 30.3 Å². The second-order valence-electron chi connectivity index (χ2n) is 5.69. The first-order valence-corrected chi connectivity index (χ1v) is 8.12. The molecule has 0 fully saturated rings. The van der Waals surface area contributed by atoms with Crippen LogP contribution in [-0.4, -0.2) is 15.9 Å². The van der Waals surface area contributed by atoms with Crippen molar-refractivity contribution in [2.45, 2.75) is 13.8 Å². The van der Waals surface area contributed by atoms with Crippen molar-refractivity contribution in [2.24, 2.45) is 0 Å². The Balaban J connectivity index is 1.76. The highest BCUT2D eigenvalue weighted by molar-refractivity contribution is 6.30. The van der Waals surface area contributed by atoms with Crippen LogP contribution in [-0.2, 0) is 0 Å². The number of nitrogens with one attached hydrogen (secondary N) is 2. The molecule has 1 amide bonds. The Labute approximate surface area is 151 Å². The van der Waals surface area contributed by atoms with Gasteiger partial charge in [0.2, 0.25) is 0 Å². The average Bonchev–Trinajstić information content (AvgIpc) is 2.60. The summed E-state index contributed by atoms with van der Waals surface area (Å²) in [7, 11) is 0. The third-order valence-corrected chi connectivity index (χ3v) is 3.90. The van der Waals surface area contributed by atoms with Crippen LogP contribution in [0.1, 0.15) is 21.6 Å². The normalized spacial score (nSPS) is 10.4. The summed E-state index contributed by atoms with van der Waals surface area (Å²) >= 11 is 5.84. The van der Waals surface area contributed by atoms with Crippen LogP contribution in [0.4, 0.5) is 17.2 Å². The van der Waals surface area contributed by atoms with Crippen LogP contribution in [0.5, 0.6) is 0 Å². The number of anilines is 3. The molecule has 0 saturated carbocycles. The molecule has 0 aliphatic heterocycles. The molecular formula is C19H17ClN4O. The van der Waals surface area contributed by atoms with Gasteiger partial charge in [0.1, 0.15) is 17.8 Å². The van der Waals surface area contributed by atoms with Crippen molar-refractivity contribution in [1.29, 1.82) is 0 Å². The number of hydrogen-bond acceptors (Lipinski definition) is 4. The maximum atomic E-state index is 12.4. The maximum absolute atomic E-state index is 12.4. The van der Waals surface area contributed by atoms with Gasteiger partial charge in [-0.2, -0.15) is 0 Å². The Morgan fingerprint density at radius 1 is 1.00 bits per heavy atom. The highest BCUT2D eigenvalue weighted by atomic mass is 35.5. The van der Waals surface area contributed by atoms with E-state index in [1.807, 2.05) is 26.0 Å². The van der Waals surface area contributed by atoms with Crippen molar-refractivity contribution in [3.05, 3.63) is 76.7 Å². The average molecular weight is 353 g/mol. The number of carbonyl (C=O) groups is 1. The van der Waals surface area contributed by atoms with Crippen LogP contribution in [0.25, 0.3) is 0 Å². The third-order valence-electron chi connectivity index (χ3n) is 3.65. The lowest BCUT2D eigenvalue weighted by atomic mass is 10.1. The monoisotopic (exact) mass is 352 g/mol. The molecule has 0 unspecified atom stereocenters. The second-order valence-corrected chi connectivity index (χ2v) is 6.13. The third kappa shape index (κ3) is 4.33. The van der Waals surface area contributed by atoms with Crippen LogP contribution < -0.4 is 10.6 Å². The smallest absolute Gasteiger partial charge is 0.274 e. The number of nitrogens with zero attached hydrogens (tertiary/aromatic N) is 2. The first-order valence-electron chi connectivity index (χ1n) is 7.74. The molecule has 3 aromatic rings. The van der Waals surface area contributed by atoms with Gasteiger partial charge in [0.05, 0.1) is 0 Å². The van der Waals surface area contributed by atoms with E-state index < -0.39 is 0 Å². The quantitative estimate of drug-likeness (QED) is 0.711. The minimum Gasteiger partial charge on any atom is -0.340 e. The first kappa shape index (κ1) is 16.9. The van der Waals surface area contributed by atoms with Crippen molar-refractivity contribution in [3.63, 3.8) is 0 Å². The summed E-state index contributed by atoms with van der Waals surface area (Å²) < 4.78 is 0. The fourth-order valence-electron chi connectivity index (χ4n) is 2.37. The molecule has 0 aliphatic rings. The summed E-state index contributed by atoms with van der Waals surface area (Å²) in [6.07, 6.45) is 1.36. The highest BCUT2D eigenvalue weighted by Crippen LogP contribution is 2.20. The van der Waals surface area contributed by atoms with E-state index in [-0.39, 0.29) is 11.6 Å². The van der Waals surface area contributed by atoms with Crippen LogP contribution in [0.15, 0.2) is 54.9 Å². The molecule has 1 aromatic heterocycles. The number of carbonyl (C=O) groups excluding carboxylic acids is 1. The van der Waals surface area contributed by atoms with E-state index in [4.69, 9.17) is 11.6 Å². The standard InChI is InChI=1S/C19H17ClN4O/c1-12-3-8-16(13(2)9-12)24-18-10-17(21-11-22-18)19(25)23-15-6-4-14(20)5-7-15/h3-11H,1-2H3,(H,23,25)(H,21,22,24). The van der Waals surface area contributed by atoms with Crippen molar-refractivity contribution >= 4 is 34.7 Å². The molecule has 1 heterocycles. The van der Waals surface area contributed by atoms with E-state index in [0.29, 0.717) is 16.5 Å². The van der Waals surface area contributed by atoms with E-state index in [1.165, 1.54) is 11.9 Å². The zero-order valence-electron chi connectivity index (χ0n) is 13.9. The Hall–Kier alpha value is -2.92. The zero-order valence-corrected chi connectivity index (χ0v) is 14.6. The predicted molar refractivity (Wildman–Crippen MR) is 101 cm³/mol. The van der Waals surface area contributed by atoms with Crippen molar-refractivity contribution < 1.29 is 4.79 Å². The SMILES string of the molecule is Cc1ccc(Nc2cc(C(=O)Nc3ccc(Cl)cc3)ncn2)c(C)c1. The van der Waals surface area contributed by atoms with Gasteiger partial charge in [-0.15, -0.1) is 0 Å². The van der Waals surface area contributed by atoms with Crippen molar-refractivity contribution in [1.82, 2.24) is 9.97 Å². The lowest BCUT2D eigenvalue weighted by Crippen LogP contribution is -2.14. The molecule has 0 saturated heterocycles. The minimum atomic E-state index is -0.312. The van der Waals surface area contributed by atoms with Gasteiger partial charge in [-0.05, 0) is 49.7 Å². The number of amides is 1. The number of halogens is 1. The molecule has 0 bridgehead atoms. The topological polar surface area (TPSA) is 66.9 Å². The van der Waals surface area contributed by atoms with Crippen LogP contribution in [0.2, 0.25) is 5.02 Å². The molecule has 0 spiro atoms. The Morgan fingerprint density at radius 3 is 2.48 bits per heavy atom. The molecular weight excluding hydrogens is 336 g/mol. The molecule has 0 atom stereocenters. The zero-order chi connectivity index (χ0) is 17.8. The van der Waals surface area contributed by atoms with Crippen LogP contribution in [0.3, 0.4) is 0 Å². The Kier molecular flexibility index (Phi) is 4.95. The van der Waals surface area contributed by atoms with Gasteiger partial charge in [-0.1, -0.05) is 29.3 Å². The van der Waals surface area contributed by atoms with Gasteiger partial charge in [0.25, 0.3) is 5.91 Å². The summed E-state index contributed by atoms with van der Waals surface area (Å²) in [5, 5.41) is 6.61. The first-order chi connectivity index (χ1) is 12.0. The molecule has 2 aromatic carbocycles. The molecule has 0 aliphatic carbocycles. The van der Waals surface area contributed by atoms with E-state index in [2.05, 4.69) is 26.7 Å². The van der Waals surface area contributed by atoms with Gasteiger partial charge in [0, 0.05) is 22.5 Å². The van der Waals surface area contributed by atoms with Crippen molar-refractivity contribution in [2.75, 3.05) is 10.6 Å². The molecule has 3 rings (SSSR count).